The van der Waals surface area contributed by atoms with E-state index in [9.17, 15) is 4.79 Å². The number of nitrogens with two attached hydrogens (primary N) is 1. The van der Waals surface area contributed by atoms with Crippen molar-refractivity contribution < 1.29 is 4.79 Å². The van der Waals surface area contributed by atoms with Gasteiger partial charge >= 0.3 is 0 Å². The topological polar surface area (TPSA) is 96.7 Å². The molecular weight excluding hydrogens is 194 g/mol. The quantitative estimate of drug-likeness (QED) is 0.667. The zero-order valence-electron chi connectivity index (χ0n) is 7.77. The Hall–Kier alpha value is -2.37. The summed E-state index contributed by atoms with van der Waals surface area (Å²) in [5, 5.41) is 2.55. The summed E-state index contributed by atoms with van der Waals surface area (Å²) < 4.78 is 0. The van der Waals surface area contributed by atoms with E-state index in [1.165, 1.54) is 6.20 Å². The summed E-state index contributed by atoms with van der Waals surface area (Å²) in [6.07, 6.45) is 4.59. The molecule has 6 heteroatoms. The molecule has 0 aliphatic carbocycles. The number of imidazole rings is 1. The number of nitrogen functional groups attached to an aromatic ring is 1. The summed E-state index contributed by atoms with van der Waals surface area (Å²) in [6, 6.07) is 3.16. The van der Waals surface area contributed by atoms with Crippen LogP contribution in [0.15, 0.2) is 30.7 Å². The third kappa shape index (κ3) is 2.11. The molecular formula is C9H9N5O. The predicted molar refractivity (Wildman–Crippen MR) is 55.2 cm³/mol. The Morgan fingerprint density at radius 2 is 2.27 bits per heavy atom. The van der Waals surface area contributed by atoms with Gasteiger partial charge in [-0.1, -0.05) is 0 Å². The molecule has 6 nitrogen and oxygen atoms in total. The number of nitrogens with zero attached hydrogens (tertiary/aromatic N) is 2. The maximum atomic E-state index is 11.5. The molecule has 0 radical (unpaired) electrons. The number of aromatic amines is 1. The number of rotatable bonds is 2. The van der Waals surface area contributed by atoms with Gasteiger partial charge in [-0.25, -0.2) is 9.97 Å². The Morgan fingerprint density at radius 1 is 1.40 bits per heavy atom. The van der Waals surface area contributed by atoms with Gasteiger partial charge < -0.3 is 10.7 Å². The van der Waals surface area contributed by atoms with E-state index in [0.717, 1.165) is 0 Å². The highest BCUT2D eigenvalue weighted by Crippen LogP contribution is 2.03. The number of amides is 1. The van der Waals surface area contributed by atoms with Crippen LogP contribution < -0.4 is 11.1 Å². The van der Waals surface area contributed by atoms with E-state index in [4.69, 9.17) is 5.73 Å². The van der Waals surface area contributed by atoms with Crippen LogP contribution in [0, 0.1) is 0 Å². The lowest BCUT2D eigenvalue weighted by molar-refractivity contribution is 0.102. The molecule has 2 aromatic heterocycles. The van der Waals surface area contributed by atoms with Crippen molar-refractivity contribution in [2.45, 2.75) is 0 Å². The summed E-state index contributed by atoms with van der Waals surface area (Å²) in [5.41, 5.74) is 6.26. The number of carbonyl (C=O) groups is 1. The van der Waals surface area contributed by atoms with Crippen LogP contribution in [0.3, 0.4) is 0 Å². The molecule has 0 spiro atoms. The van der Waals surface area contributed by atoms with Crippen molar-refractivity contribution in [3.8, 4) is 0 Å². The van der Waals surface area contributed by atoms with Crippen LogP contribution in [0.2, 0.25) is 0 Å². The smallest absolute Gasteiger partial charge is 0.276 e. The standard InChI is InChI=1S/C9H9N5O/c10-6-1-2-7(13-5-6)8(15)14-9-11-3-4-12-9/h1-5H,10H2,(H2,11,12,14,15). The minimum absolute atomic E-state index is 0.292. The molecule has 0 bridgehead atoms. The fourth-order valence-electron chi connectivity index (χ4n) is 1.04. The van der Waals surface area contributed by atoms with Gasteiger partial charge in [-0.15, -0.1) is 0 Å². The van der Waals surface area contributed by atoms with Gasteiger partial charge in [0.15, 0.2) is 0 Å². The van der Waals surface area contributed by atoms with Gasteiger partial charge in [0.1, 0.15) is 5.69 Å². The maximum Gasteiger partial charge on any atom is 0.276 e. The Morgan fingerprint density at radius 3 is 2.87 bits per heavy atom. The van der Waals surface area contributed by atoms with Gasteiger partial charge in [-0.2, -0.15) is 0 Å². The molecule has 0 atom stereocenters. The molecule has 0 aromatic carbocycles. The Bertz CT molecular complexity index is 448. The molecule has 0 aliphatic heterocycles. The van der Waals surface area contributed by atoms with Crippen LogP contribution in [-0.2, 0) is 0 Å². The van der Waals surface area contributed by atoms with Crippen molar-refractivity contribution in [3.05, 3.63) is 36.4 Å². The molecule has 2 aromatic rings. The molecule has 4 N–H and O–H groups in total. The highest BCUT2D eigenvalue weighted by molar-refractivity contribution is 6.01. The number of aromatic nitrogens is 3. The number of H-pyrrole nitrogens is 1. The van der Waals surface area contributed by atoms with Gasteiger partial charge in [0, 0.05) is 12.4 Å². The fraction of sp³-hybridized carbons (Fsp3) is 0. The molecule has 2 heterocycles. The van der Waals surface area contributed by atoms with Gasteiger partial charge in [-0.3, -0.25) is 10.1 Å². The first kappa shape index (κ1) is 9.20. The van der Waals surface area contributed by atoms with Crippen LogP contribution in [0.25, 0.3) is 0 Å². The van der Waals surface area contributed by atoms with Crippen LogP contribution in [0.5, 0.6) is 0 Å². The molecule has 2 rings (SSSR count). The maximum absolute atomic E-state index is 11.5. The van der Waals surface area contributed by atoms with Gasteiger partial charge in [0.05, 0.1) is 11.9 Å². The average molecular weight is 203 g/mol. The van der Waals surface area contributed by atoms with Crippen LogP contribution in [-0.4, -0.2) is 20.9 Å². The van der Waals surface area contributed by atoms with E-state index in [1.807, 2.05) is 0 Å². The van der Waals surface area contributed by atoms with Gasteiger partial charge in [-0.05, 0) is 12.1 Å². The largest absolute Gasteiger partial charge is 0.397 e. The second-order valence-corrected chi connectivity index (χ2v) is 2.87. The number of carbonyl (C=O) groups excluding carboxylic acids is 1. The van der Waals surface area contributed by atoms with Crippen LogP contribution in [0.4, 0.5) is 11.6 Å². The first-order valence-corrected chi connectivity index (χ1v) is 4.28. The summed E-state index contributed by atoms with van der Waals surface area (Å²) in [6.45, 7) is 0. The molecule has 1 amide bonds. The first-order chi connectivity index (χ1) is 7.25. The van der Waals surface area contributed by atoms with E-state index in [2.05, 4.69) is 20.3 Å². The summed E-state index contributed by atoms with van der Waals surface area (Å²) >= 11 is 0. The Labute approximate surface area is 85.6 Å². The van der Waals surface area contributed by atoms with E-state index in [0.29, 0.717) is 17.3 Å². The molecule has 0 fully saturated rings. The van der Waals surface area contributed by atoms with E-state index in [-0.39, 0.29) is 5.91 Å². The number of hydrogen-bond acceptors (Lipinski definition) is 4. The average Bonchev–Trinajstić information content (AvgIpc) is 2.71. The van der Waals surface area contributed by atoms with E-state index < -0.39 is 0 Å². The summed E-state index contributed by atoms with van der Waals surface area (Å²) in [4.78, 5) is 22.0. The SMILES string of the molecule is Nc1ccc(C(=O)Nc2ncc[nH]2)nc1. The summed E-state index contributed by atoms with van der Waals surface area (Å²) in [7, 11) is 0. The van der Waals surface area contributed by atoms with Crippen molar-refractivity contribution in [1.29, 1.82) is 0 Å². The fourth-order valence-corrected chi connectivity index (χ4v) is 1.04. The Kier molecular flexibility index (Phi) is 2.32. The lowest BCUT2D eigenvalue weighted by atomic mass is 10.3. The van der Waals surface area contributed by atoms with Crippen molar-refractivity contribution >= 4 is 17.5 Å². The lowest BCUT2D eigenvalue weighted by Gasteiger charge is -2.00. The third-order valence-corrected chi connectivity index (χ3v) is 1.75. The van der Waals surface area contributed by atoms with Crippen molar-refractivity contribution in [1.82, 2.24) is 15.0 Å². The van der Waals surface area contributed by atoms with Gasteiger partial charge in [0.2, 0.25) is 5.95 Å². The zero-order chi connectivity index (χ0) is 10.7. The number of hydrogen-bond donors (Lipinski definition) is 3. The molecule has 15 heavy (non-hydrogen) atoms. The van der Waals surface area contributed by atoms with Crippen LogP contribution >= 0.6 is 0 Å². The third-order valence-electron chi connectivity index (χ3n) is 1.75. The molecule has 0 unspecified atom stereocenters. The molecule has 0 saturated heterocycles. The minimum Gasteiger partial charge on any atom is -0.397 e. The molecule has 76 valence electrons. The predicted octanol–water partition coefficient (Wildman–Crippen LogP) is 0.639. The van der Waals surface area contributed by atoms with Crippen molar-refractivity contribution in [3.63, 3.8) is 0 Å². The molecule has 0 saturated carbocycles. The second-order valence-electron chi connectivity index (χ2n) is 2.87. The van der Waals surface area contributed by atoms with Crippen molar-refractivity contribution in [2.75, 3.05) is 11.1 Å². The Balaban J connectivity index is 2.11. The van der Waals surface area contributed by atoms with E-state index >= 15 is 0 Å². The van der Waals surface area contributed by atoms with Gasteiger partial charge in [0.25, 0.3) is 5.91 Å². The van der Waals surface area contributed by atoms with Crippen LogP contribution in [0.1, 0.15) is 10.5 Å². The number of pyridine rings is 1. The van der Waals surface area contributed by atoms with E-state index in [1.54, 1.807) is 24.5 Å². The lowest BCUT2D eigenvalue weighted by Crippen LogP contribution is -2.14. The molecule has 0 aliphatic rings. The second kappa shape index (κ2) is 3.79. The van der Waals surface area contributed by atoms with Crippen molar-refractivity contribution in [2.24, 2.45) is 0 Å². The summed E-state index contributed by atoms with van der Waals surface area (Å²) in [5.74, 6) is 0.0589. The highest BCUT2D eigenvalue weighted by atomic mass is 16.2. The number of nitrogens with one attached hydrogen (secondary N) is 2. The highest BCUT2D eigenvalue weighted by Gasteiger charge is 2.07. The number of anilines is 2. The first-order valence-electron chi connectivity index (χ1n) is 4.28. The zero-order valence-corrected chi connectivity index (χ0v) is 7.77. The monoisotopic (exact) mass is 203 g/mol. The minimum atomic E-state index is -0.329. The normalized spacial score (nSPS) is 9.87.